The molecule has 7 heteroatoms. The van der Waals surface area contributed by atoms with E-state index in [0.717, 1.165) is 24.2 Å². The topological polar surface area (TPSA) is 53.1 Å². The number of amides is 2. The molecule has 2 amide bonds. The summed E-state index contributed by atoms with van der Waals surface area (Å²) in [6.07, 6.45) is 0.930. The van der Waals surface area contributed by atoms with Crippen molar-refractivity contribution in [1.29, 1.82) is 0 Å². The van der Waals surface area contributed by atoms with Gasteiger partial charge in [-0.2, -0.15) is 0 Å². The molecule has 0 spiro atoms. The number of rotatable bonds is 7. The van der Waals surface area contributed by atoms with Crippen LogP contribution in [-0.4, -0.2) is 72.4 Å². The molecule has 0 unspecified atom stereocenters. The summed E-state index contributed by atoms with van der Waals surface area (Å²) in [6.45, 7) is 3.93. The van der Waals surface area contributed by atoms with E-state index in [4.69, 9.17) is 4.74 Å². The quantitative estimate of drug-likeness (QED) is 0.638. The first kappa shape index (κ1) is 21.5. The highest BCUT2D eigenvalue weighted by atomic mass is 19.1. The number of hydrogen-bond acceptors (Lipinski definition) is 5. The molecule has 2 aromatic rings. The normalized spacial score (nSPS) is 20.5. The summed E-state index contributed by atoms with van der Waals surface area (Å²) >= 11 is 0. The van der Waals surface area contributed by atoms with Gasteiger partial charge in [-0.3, -0.25) is 24.3 Å². The van der Waals surface area contributed by atoms with Crippen LogP contribution in [0.25, 0.3) is 0 Å². The molecule has 0 radical (unpaired) electrons. The SMILES string of the molecule is COc1ccc(F)cc1CN1CCN([C@H]2CC(=O)N(CCc3ccccc3)C2=O)CC1. The number of nitrogens with zero attached hydrogens (tertiary/aromatic N) is 3. The Hall–Kier alpha value is -2.77. The molecule has 0 saturated carbocycles. The molecule has 31 heavy (non-hydrogen) atoms. The van der Waals surface area contributed by atoms with Gasteiger partial charge < -0.3 is 4.74 Å². The Morgan fingerprint density at radius 2 is 1.77 bits per heavy atom. The largest absolute Gasteiger partial charge is 0.496 e. The minimum Gasteiger partial charge on any atom is -0.496 e. The number of benzene rings is 2. The van der Waals surface area contributed by atoms with E-state index in [1.54, 1.807) is 13.2 Å². The fourth-order valence-electron chi connectivity index (χ4n) is 4.42. The van der Waals surface area contributed by atoms with Gasteiger partial charge in [0.1, 0.15) is 11.6 Å². The average Bonchev–Trinajstić information content (AvgIpc) is 3.07. The number of piperazine rings is 1. The van der Waals surface area contributed by atoms with Crippen LogP contribution in [0.4, 0.5) is 4.39 Å². The van der Waals surface area contributed by atoms with E-state index in [2.05, 4.69) is 9.80 Å². The second-order valence-corrected chi connectivity index (χ2v) is 8.11. The van der Waals surface area contributed by atoms with Crippen LogP contribution in [0.5, 0.6) is 5.75 Å². The lowest BCUT2D eigenvalue weighted by atomic mass is 10.1. The van der Waals surface area contributed by atoms with Gasteiger partial charge in [-0.15, -0.1) is 0 Å². The van der Waals surface area contributed by atoms with E-state index < -0.39 is 0 Å². The lowest BCUT2D eigenvalue weighted by molar-refractivity contribution is -0.139. The van der Waals surface area contributed by atoms with Gasteiger partial charge in [0.25, 0.3) is 0 Å². The van der Waals surface area contributed by atoms with E-state index in [9.17, 15) is 14.0 Å². The Morgan fingerprint density at radius 3 is 2.48 bits per heavy atom. The second kappa shape index (κ2) is 9.58. The Morgan fingerprint density at radius 1 is 1.03 bits per heavy atom. The molecule has 2 aliphatic rings. The van der Waals surface area contributed by atoms with E-state index in [1.165, 1.54) is 17.0 Å². The zero-order valence-corrected chi connectivity index (χ0v) is 17.8. The Labute approximate surface area is 182 Å². The van der Waals surface area contributed by atoms with Gasteiger partial charge in [0, 0.05) is 44.8 Å². The molecule has 0 N–H and O–H groups in total. The fourth-order valence-corrected chi connectivity index (χ4v) is 4.42. The Bertz CT molecular complexity index is 929. The van der Waals surface area contributed by atoms with Gasteiger partial charge in [-0.05, 0) is 30.2 Å². The van der Waals surface area contributed by atoms with Gasteiger partial charge in [-0.25, -0.2) is 4.39 Å². The van der Waals surface area contributed by atoms with Crippen LogP contribution in [0.2, 0.25) is 0 Å². The van der Waals surface area contributed by atoms with Gasteiger partial charge in [-0.1, -0.05) is 30.3 Å². The van der Waals surface area contributed by atoms with Crippen LogP contribution in [-0.2, 0) is 22.6 Å². The zero-order valence-electron chi connectivity index (χ0n) is 17.8. The van der Waals surface area contributed by atoms with Gasteiger partial charge in [0.15, 0.2) is 0 Å². The number of ether oxygens (including phenoxy) is 1. The van der Waals surface area contributed by atoms with E-state index in [0.29, 0.717) is 38.3 Å². The first-order chi connectivity index (χ1) is 15.0. The van der Waals surface area contributed by atoms with Crippen molar-refractivity contribution in [2.45, 2.75) is 25.4 Å². The van der Waals surface area contributed by atoms with Crippen LogP contribution in [0.15, 0.2) is 48.5 Å². The Balaban J connectivity index is 1.31. The number of likely N-dealkylation sites (tertiary alicyclic amines) is 1. The first-order valence-electron chi connectivity index (χ1n) is 10.7. The molecule has 4 rings (SSSR count). The third-order valence-electron chi connectivity index (χ3n) is 6.17. The zero-order chi connectivity index (χ0) is 21.8. The highest BCUT2D eigenvalue weighted by molar-refractivity contribution is 6.05. The molecular formula is C24H28FN3O3. The van der Waals surface area contributed by atoms with Crippen molar-refractivity contribution < 1.29 is 18.7 Å². The minimum absolute atomic E-state index is 0.0822. The smallest absolute Gasteiger partial charge is 0.247 e. The Kier molecular flexibility index (Phi) is 6.63. The summed E-state index contributed by atoms with van der Waals surface area (Å²) in [5.74, 6) is 0.230. The molecule has 2 aromatic carbocycles. The summed E-state index contributed by atoms with van der Waals surface area (Å²) in [7, 11) is 1.58. The minimum atomic E-state index is -0.367. The van der Waals surface area contributed by atoms with Gasteiger partial charge in [0.05, 0.1) is 19.6 Å². The van der Waals surface area contributed by atoms with E-state index >= 15 is 0 Å². The van der Waals surface area contributed by atoms with E-state index in [-0.39, 0.29) is 30.1 Å². The molecule has 2 heterocycles. The third-order valence-corrected chi connectivity index (χ3v) is 6.17. The molecule has 1 atom stereocenters. The standard InChI is InChI=1S/C24H28FN3O3/c1-31-22-8-7-20(25)15-19(22)17-26-11-13-27(14-12-26)21-16-23(29)28(24(21)30)10-9-18-5-3-2-4-6-18/h2-8,15,21H,9-14,16-17H2,1H3/t21-/m0/s1. The van der Waals surface area contributed by atoms with Crippen molar-refractivity contribution in [2.24, 2.45) is 0 Å². The van der Waals surface area contributed by atoms with Gasteiger partial charge in [0.2, 0.25) is 11.8 Å². The highest BCUT2D eigenvalue weighted by Gasteiger charge is 2.42. The number of carbonyl (C=O) groups is 2. The molecule has 0 bridgehead atoms. The second-order valence-electron chi connectivity index (χ2n) is 8.11. The van der Waals surface area contributed by atoms with Crippen molar-refractivity contribution in [3.05, 3.63) is 65.5 Å². The van der Waals surface area contributed by atoms with Crippen LogP contribution >= 0.6 is 0 Å². The molecule has 2 aliphatic heterocycles. The number of methoxy groups -OCH3 is 1. The van der Waals surface area contributed by atoms with Crippen LogP contribution in [0.1, 0.15) is 17.5 Å². The summed E-state index contributed by atoms with van der Waals surface area (Å²) in [5, 5.41) is 0. The maximum Gasteiger partial charge on any atom is 0.247 e. The number of hydrogen-bond donors (Lipinski definition) is 0. The maximum absolute atomic E-state index is 13.6. The number of imide groups is 1. The molecule has 2 fully saturated rings. The monoisotopic (exact) mass is 425 g/mol. The van der Waals surface area contributed by atoms with Crippen molar-refractivity contribution in [1.82, 2.24) is 14.7 Å². The predicted molar refractivity (Wildman–Crippen MR) is 115 cm³/mol. The maximum atomic E-state index is 13.6. The van der Waals surface area contributed by atoms with Crippen molar-refractivity contribution in [3.8, 4) is 5.75 Å². The molecule has 164 valence electrons. The lowest BCUT2D eigenvalue weighted by Gasteiger charge is -2.37. The van der Waals surface area contributed by atoms with Gasteiger partial charge >= 0.3 is 0 Å². The summed E-state index contributed by atoms with van der Waals surface area (Å²) in [5.41, 5.74) is 1.93. The van der Waals surface area contributed by atoms with Crippen LogP contribution in [0, 0.1) is 5.82 Å². The molecule has 0 aromatic heterocycles. The predicted octanol–water partition coefficient (Wildman–Crippen LogP) is 2.32. The molecule has 2 saturated heterocycles. The average molecular weight is 426 g/mol. The first-order valence-corrected chi connectivity index (χ1v) is 10.7. The number of halogens is 1. The fraction of sp³-hybridized carbons (Fsp3) is 0.417. The summed E-state index contributed by atoms with van der Waals surface area (Å²) < 4.78 is 19.0. The number of carbonyl (C=O) groups excluding carboxylic acids is 2. The van der Waals surface area contributed by atoms with Crippen LogP contribution in [0.3, 0.4) is 0 Å². The highest BCUT2D eigenvalue weighted by Crippen LogP contribution is 2.24. The van der Waals surface area contributed by atoms with E-state index in [1.807, 2.05) is 30.3 Å². The lowest BCUT2D eigenvalue weighted by Crippen LogP contribution is -2.52. The summed E-state index contributed by atoms with van der Waals surface area (Å²) in [6, 6.07) is 14.1. The third kappa shape index (κ3) is 4.94. The molecule has 6 nitrogen and oxygen atoms in total. The molecule has 0 aliphatic carbocycles. The molecular weight excluding hydrogens is 397 g/mol. The summed E-state index contributed by atoms with van der Waals surface area (Å²) in [4.78, 5) is 31.2. The van der Waals surface area contributed by atoms with Crippen LogP contribution < -0.4 is 4.74 Å². The van der Waals surface area contributed by atoms with Crippen molar-refractivity contribution in [2.75, 3.05) is 39.8 Å². The van der Waals surface area contributed by atoms with Crippen molar-refractivity contribution >= 4 is 11.8 Å². The van der Waals surface area contributed by atoms with Crippen molar-refractivity contribution in [3.63, 3.8) is 0 Å².